The molecule has 0 amide bonds. The third-order valence-corrected chi connectivity index (χ3v) is 3.44. The summed E-state index contributed by atoms with van der Waals surface area (Å²) in [4.78, 5) is 10.6. The predicted molar refractivity (Wildman–Crippen MR) is 78.6 cm³/mol. The smallest absolute Gasteiger partial charge is 0.150 e. The summed E-state index contributed by atoms with van der Waals surface area (Å²) in [5, 5.41) is 3.23. The quantitative estimate of drug-likeness (QED) is 0.828. The van der Waals surface area contributed by atoms with E-state index in [9.17, 15) is 4.79 Å². The Bertz CT molecular complexity index is 528. The Morgan fingerprint density at radius 1 is 1.00 bits per heavy atom. The van der Waals surface area contributed by atoms with Gasteiger partial charge in [-0.2, -0.15) is 0 Å². The first-order valence-corrected chi connectivity index (χ1v) is 6.53. The lowest BCUT2D eigenvalue weighted by molar-refractivity contribution is 0.112. The monoisotopic (exact) mass is 253 g/mol. The van der Waals surface area contributed by atoms with Gasteiger partial charge >= 0.3 is 0 Å². The normalized spacial score (nSPS) is 12.1. The van der Waals surface area contributed by atoms with E-state index in [1.807, 2.05) is 31.3 Å². The van der Waals surface area contributed by atoms with Crippen LogP contribution in [0.4, 0.5) is 0 Å². The van der Waals surface area contributed by atoms with E-state index in [-0.39, 0.29) is 0 Å². The Kier molecular flexibility index (Phi) is 4.48. The fourth-order valence-corrected chi connectivity index (χ4v) is 2.04. The van der Waals surface area contributed by atoms with Gasteiger partial charge in [0.05, 0.1) is 0 Å². The van der Waals surface area contributed by atoms with Gasteiger partial charge in [-0.05, 0) is 37.1 Å². The van der Waals surface area contributed by atoms with E-state index in [0.29, 0.717) is 6.04 Å². The van der Waals surface area contributed by atoms with Crippen molar-refractivity contribution in [3.8, 4) is 0 Å². The van der Waals surface area contributed by atoms with Crippen LogP contribution in [0.15, 0.2) is 48.5 Å². The molecule has 2 aromatic carbocycles. The maximum absolute atomic E-state index is 10.6. The topological polar surface area (TPSA) is 29.1 Å². The molecule has 0 aromatic heterocycles. The van der Waals surface area contributed by atoms with Crippen molar-refractivity contribution in [2.24, 2.45) is 0 Å². The molecule has 2 heteroatoms. The second-order valence-corrected chi connectivity index (χ2v) is 4.79. The number of hydrogen-bond donors (Lipinski definition) is 1. The van der Waals surface area contributed by atoms with Crippen molar-refractivity contribution in [1.29, 1.82) is 0 Å². The minimum Gasteiger partial charge on any atom is -0.313 e. The van der Waals surface area contributed by atoms with Gasteiger partial charge in [0.2, 0.25) is 0 Å². The molecule has 0 saturated carbocycles. The highest BCUT2D eigenvalue weighted by molar-refractivity contribution is 5.74. The summed E-state index contributed by atoms with van der Waals surface area (Å²) in [5.41, 5.74) is 4.52. The Labute approximate surface area is 114 Å². The van der Waals surface area contributed by atoms with Gasteiger partial charge < -0.3 is 5.32 Å². The molecule has 1 atom stereocenters. The Morgan fingerprint density at radius 3 is 2.00 bits per heavy atom. The summed E-state index contributed by atoms with van der Waals surface area (Å²) >= 11 is 0. The minimum atomic E-state index is 0.376. The molecule has 0 spiro atoms. The first-order valence-electron chi connectivity index (χ1n) is 6.53. The highest BCUT2D eigenvalue weighted by Gasteiger charge is 2.02. The number of benzene rings is 2. The molecule has 0 saturated heterocycles. The van der Waals surface area contributed by atoms with E-state index < -0.39 is 0 Å². The second-order valence-electron chi connectivity index (χ2n) is 4.79. The Balaban J connectivity index is 2.08. The third kappa shape index (κ3) is 3.52. The van der Waals surface area contributed by atoms with Gasteiger partial charge in [0.25, 0.3) is 0 Å². The van der Waals surface area contributed by atoms with Gasteiger partial charge in [-0.25, -0.2) is 0 Å². The van der Waals surface area contributed by atoms with Gasteiger partial charge in [-0.15, -0.1) is 0 Å². The van der Waals surface area contributed by atoms with Crippen LogP contribution < -0.4 is 5.32 Å². The second kappa shape index (κ2) is 6.30. The molecule has 2 rings (SSSR count). The summed E-state index contributed by atoms with van der Waals surface area (Å²) < 4.78 is 0. The number of rotatable bonds is 5. The summed E-state index contributed by atoms with van der Waals surface area (Å²) in [6, 6.07) is 16.8. The lowest BCUT2D eigenvalue weighted by Crippen LogP contribution is -2.12. The first kappa shape index (κ1) is 13.5. The SMILES string of the molecule is CN[C@H](C)c1ccc(Cc2ccc(C=O)cc2)cc1. The van der Waals surface area contributed by atoms with Crippen LogP contribution in [0.3, 0.4) is 0 Å². The fraction of sp³-hybridized carbons (Fsp3) is 0.235. The predicted octanol–water partition coefficient (Wildman–Crippen LogP) is 3.37. The molecule has 2 aromatic rings. The van der Waals surface area contributed by atoms with Gasteiger partial charge in [-0.3, -0.25) is 4.79 Å². The van der Waals surface area contributed by atoms with Crippen molar-refractivity contribution in [3.05, 3.63) is 70.8 Å². The summed E-state index contributed by atoms with van der Waals surface area (Å²) in [6.45, 7) is 2.15. The van der Waals surface area contributed by atoms with Crippen molar-refractivity contribution in [2.45, 2.75) is 19.4 Å². The lowest BCUT2D eigenvalue weighted by Gasteiger charge is -2.11. The molecule has 19 heavy (non-hydrogen) atoms. The number of aldehydes is 1. The van der Waals surface area contributed by atoms with Gasteiger partial charge in [0.1, 0.15) is 6.29 Å². The van der Waals surface area contributed by atoms with Crippen LogP contribution in [0.25, 0.3) is 0 Å². The van der Waals surface area contributed by atoms with Gasteiger partial charge in [-0.1, -0.05) is 48.5 Å². The van der Waals surface area contributed by atoms with Gasteiger partial charge in [0, 0.05) is 11.6 Å². The standard InChI is InChI=1S/C17H19NO/c1-13(18-2)17-9-7-15(8-10-17)11-14-3-5-16(12-19)6-4-14/h3-10,12-13,18H,11H2,1-2H3/t13-/m1/s1. The van der Waals surface area contributed by atoms with Crippen LogP contribution in [0, 0.1) is 0 Å². The van der Waals surface area contributed by atoms with E-state index in [4.69, 9.17) is 0 Å². The summed E-state index contributed by atoms with van der Waals surface area (Å²) in [6.07, 6.45) is 1.77. The molecule has 0 aliphatic rings. The molecule has 0 fully saturated rings. The zero-order valence-electron chi connectivity index (χ0n) is 11.4. The molecule has 0 heterocycles. The molecular formula is C17H19NO. The van der Waals surface area contributed by atoms with E-state index in [0.717, 1.165) is 18.3 Å². The first-order chi connectivity index (χ1) is 9.22. The zero-order valence-corrected chi connectivity index (χ0v) is 11.4. The number of nitrogens with one attached hydrogen (secondary N) is 1. The molecule has 1 N–H and O–H groups in total. The fourth-order valence-electron chi connectivity index (χ4n) is 2.04. The third-order valence-electron chi connectivity index (χ3n) is 3.44. The minimum absolute atomic E-state index is 0.376. The molecule has 0 aliphatic heterocycles. The van der Waals surface area contributed by atoms with Crippen molar-refractivity contribution < 1.29 is 4.79 Å². The van der Waals surface area contributed by atoms with E-state index in [1.165, 1.54) is 16.7 Å². The molecule has 0 radical (unpaired) electrons. The number of carbonyl (C=O) groups excluding carboxylic acids is 1. The van der Waals surface area contributed by atoms with Crippen LogP contribution in [0.5, 0.6) is 0 Å². The zero-order chi connectivity index (χ0) is 13.7. The maximum Gasteiger partial charge on any atom is 0.150 e. The lowest BCUT2D eigenvalue weighted by atomic mass is 10.0. The average Bonchev–Trinajstić information content (AvgIpc) is 2.48. The average molecular weight is 253 g/mol. The van der Waals surface area contributed by atoms with Crippen molar-refractivity contribution in [1.82, 2.24) is 5.32 Å². The van der Waals surface area contributed by atoms with Crippen LogP contribution in [-0.2, 0) is 6.42 Å². The van der Waals surface area contributed by atoms with Gasteiger partial charge in [0.15, 0.2) is 0 Å². The molecular weight excluding hydrogens is 234 g/mol. The van der Waals surface area contributed by atoms with Crippen LogP contribution in [0.2, 0.25) is 0 Å². The maximum atomic E-state index is 10.6. The Morgan fingerprint density at radius 2 is 1.53 bits per heavy atom. The summed E-state index contributed by atoms with van der Waals surface area (Å²) in [5.74, 6) is 0. The van der Waals surface area contributed by atoms with Crippen molar-refractivity contribution >= 4 is 6.29 Å². The van der Waals surface area contributed by atoms with E-state index in [2.05, 4.69) is 36.5 Å². The van der Waals surface area contributed by atoms with Crippen LogP contribution in [-0.4, -0.2) is 13.3 Å². The summed E-state index contributed by atoms with van der Waals surface area (Å²) in [7, 11) is 1.97. The largest absolute Gasteiger partial charge is 0.313 e. The Hall–Kier alpha value is -1.93. The molecule has 0 unspecified atom stereocenters. The molecule has 0 aliphatic carbocycles. The molecule has 98 valence electrons. The number of carbonyl (C=O) groups is 1. The highest BCUT2D eigenvalue weighted by atomic mass is 16.1. The van der Waals surface area contributed by atoms with Crippen LogP contribution >= 0.6 is 0 Å². The molecule has 0 bridgehead atoms. The number of hydrogen-bond acceptors (Lipinski definition) is 2. The highest BCUT2D eigenvalue weighted by Crippen LogP contribution is 2.15. The van der Waals surface area contributed by atoms with Crippen LogP contribution in [0.1, 0.15) is 40.0 Å². The molecule has 2 nitrogen and oxygen atoms in total. The van der Waals surface area contributed by atoms with Crippen molar-refractivity contribution in [3.63, 3.8) is 0 Å². The van der Waals surface area contributed by atoms with E-state index in [1.54, 1.807) is 0 Å². The van der Waals surface area contributed by atoms with Crippen molar-refractivity contribution in [2.75, 3.05) is 7.05 Å². The van der Waals surface area contributed by atoms with E-state index >= 15 is 0 Å².